The normalized spacial score (nSPS) is 16.7. The number of ether oxygens (including phenoxy) is 2. The SMILES string of the molecule is CC(C)(C)OC(=O)NCCOCC1CCC1. The van der Waals surface area contributed by atoms with Crippen LogP contribution in [0.5, 0.6) is 0 Å². The first-order chi connectivity index (χ1) is 7.47. The van der Waals surface area contributed by atoms with Crippen molar-refractivity contribution in [2.75, 3.05) is 19.8 Å². The molecule has 0 aromatic carbocycles. The second kappa shape index (κ2) is 6.09. The molecule has 1 rings (SSSR count). The van der Waals surface area contributed by atoms with Crippen LogP contribution in [0.15, 0.2) is 0 Å². The largest absolute Gasteiger partial charge is 0.444 e. The van der Waals surface area contributed by atoms with Crippen molar-refractivity contribution in [1.82, 2.24) is 5.32 Å². The topological polar surface area (TPSA) is 47.6 Å². The lowest BCUT2D eigenvalue weighted by atomic mass is 9.86. The van der Waals surface area contributed by atoms with Gasteiger partial charge in [0.1, 0.15) is 5.60 Å². The predicted molar refractivity (Wildman–Crippen MR) is 62.4 cm³/mol. The molecular weight excluding hydrogens is 206 g/mol. The highest BCUT2D eigenvalue weighted by Crippen LogP contribution is 2.25. The Kier molecular flexibility index (Phi) is 5.06. The van der Waals surface area contributed by atoms with Gasteiger partial charge >= 0.3 is 6.09 Å². The quantitative estimate of drug-likeness (QED) is 0.736. The van der Waals surface area contributed by atoms with Crippen LogP contribution >= 0.6 is 0 Å². The Bertz CT molecular complexity index is 219. The van der Waals surface area contributed by atoms with E-state index < -0.39 is 5.60 Å². The van der Waals surface area contributed by atoms with E-state index in [1.165, 1.54) is 19.3 Å². The van der Waals surface area contributed by atoms with Gasteiger partial charge in [0.2, 0.25) is 0 Å². The van der Waals surface area contributed by atoms with Crippen LogP contribution in [0.25, 0.3) is 0 Å². The van der Waals surface area contributed by atoms with Gasteiger partial charge in [-0.3, -0.25) is 0 Å². The van der Waals surface area contributed by atoms with Gasteiger partial charge in [0.25, 0.3) is 0 Å². The first-order valence-electron chi connectivity index (χ1n) is 6.02. The first kappa shape index (κ1) is 13.3. The molecule has 1 fully saturated rings. The molecule has 1 aliphatic rings. The summed E-state index contributed by atoms with van der Waals surface area (Å²) in [5.74, 6) is 0.751. The van der Waals surface area contributed by atoms with Crippen LogP contribution < -0.4 is 5.32 Å². The van der Waals surface area contributed by atoms with Gasteiger partial charge in [-0.05, 0) is 39.5 Å². The molecule has 0 atom stereocenters. The molecule has 0 aliphatic heterocycles. The van der Waals surface area contributed by atoms with E-state index in [0.717, 1.165) is 12.5 Å². The van der Waals surface area contributed by atoms with Gasteiger partial charge in [-0.2, -0.15) is 0 Å². The molecule has 0 unspecified atom stereocenters. The number of hydrogen-bond donors (Lipinski definition) is 1. The van der Waals surface area contributed by atoms with Crippen LogP contribution in [0.1, 0.15) is 40.0 Å². The Labute approximate surface area is 97.7 Å². The molecule has 0 saturated heterocycles. The molecule has 1 N–H and O–H groups in total. The summed E-state index contributed by atoms with van der Waals surface area (Å²) in [6.45, 7) is 7.45. The van der Waals surface area contributed by atoms with Crippen molar-refractivity contribution in [1.29, 1.82) is 0 Å². The lowest BCUT2D eigenvalue weighted by Crippen LogP contribution is -2.34. The maximum absolute atomic E-state index is 11.2. The van der Waals surface area contributed by atoms with Crippen LogP contribution in [-0.2, 0) is 9.47 Å². The Morgan fingerprint density at radius 2 is 2.06 bits per heavy atom. The van der Waals surface area contributed by atoms with E-state index in [-0.39, 0.29) is 6.09 Å². The van der Waals surface area contributed by atoms with Gasteiger partial charge in [-0.1, -0.05) is 6.42 Å². The average Bonchev–Trinajstić information content (AvgIpc) is 2.04. The molecule has 1 amide bonds. The molecule has 94 valence electrons. The third-order valence-electron chi connectivity index (χ3n) is 2.49. The minimum atomic E-state index is -0.434. The highest BCUT2D eigenvalue weighted by atomic mass is 16.6. The number of rotatable bonds is 5. The predicted octanol–water partition coefficient (Wildman–Crippen LogP) is 2.33. The fourth-order valence-corrected chi connectivity index (χ4v) is 1.45. The van der Waals surface area contributed by atoms with Gasteiger partial charge in [0.15, 0.2) is 0 Å². The maximum Gasteiger partial charge on any atom is 0.407 e. The average molecular weight is 229 g/mol. The van der Waals surface area contributed by atoms with E-state index in [0.29, 0.717) is 13.2 Å². The van der Waals surface area contributed by atoms with Crippen molar-refractivity contribution in [2.45, 2.75) is 45.6 Å². The van der Waals surface area contributed by atoms with Crippen LogP contribution in [0, 0.1) is 5.92 Å². The van der Waals surface area contributed by atoms with Crippen molar-refractivity contribution >= 4 is 6.09 Å². The molecule has 4 heteroatoms. The molecule has 0 radical (unpaired) electrons. The summed E-state index contributed by atoms with van der Waals surface area (Å²) in [5, 5.41) is 2.66. The second-order valence-corrected chi connectivity index (χ2v) is 5.30. The van der Waals surface area contributed by atoms with Crippen molar-refractivity contribution in [3.8, 4) is 0 Å². The van der Waals surface area contributed by atoms with Gasteiger partial charge < -0.3 is 14.8 Å². The molecule has 4 nitrogen and oxygen atoms in total. The third kappa shape index (κ3) is 5.95. The smallest absolute Gasteiger partial charge is 0.407 e. The van der Waals surface area contributed by atoms with E-state index in [1.54, 1.807) is 0 Å². The Balaban J connectivity index is 1.91. The zero-order valence-electron chi connectivity index (χ0n) is 10.5. The Morgan fingerprint density at radius 3 is 2.56 bits per heavy atom. The highest BCUT2D eigenvalue weighted by Gasteiger charge is 2.17. The van der Waals surface area contributed by atoms with Crippen LogP contribution in [-0.4, -0.2) is 31.5 Å². The van der Waals surface area contributed by atoms with Crippen molar-refractivity contribution < 1.29 is 14.3 Å². The van der Waals surface area contributed by atoms with E-state index in [9.17, 15) is 4.79 Å². The summed E-state index contributed by atoms with van der Waals surface area (Å²) in [5.41, 5.74) is -0.434. The summed E-state index contributed by atoms with van der Waals surface area (Å²) in [4.78, 5) is 11.2. The summed E-state index contributed by atoms with van der Waals surface area (Å²) in [6.07, 6.45) is 3.54. The van der Waals surface area contributed by atoms with E-state index in [1.807, 2.05) is 20.8 Å². The molecule has 0 heterocycles. The number of carbonyl (C=O) groups is 1. The third-order valence-corrected chi connectivity index (χ3v) is 2.49. The first-order valence-corrected chi connectivity index (χ1v) is 6.02. The minimum absolute atomic E-state index is 0.375. The van der Waals surface area contributed by atoms with Gasteiger partial charge in [0, 0.05) is 13.2 Å². The highest BCUT2D eigenvalue weighted by molar-refractivity contribution is 5.67. The van der Waals surface area contributed by atoms with Crippen LogP contribution in [0.2, 0.25) is 0 Å². The Morgan fingerprint density at radius 1 is 1.38 bits per heavy atom. The number of carbonyl (C=O) groups excluding carboxylic acids is 1. The molecule has 0 aromatic heterocycles. The van der Waals surface area contributed by atoms with E-state index in [2.05, 4.69) is 5.32 Å². The standard InChI is InChI=1S/C12H23NO3/c1-12(2,3)16-11(14)13-7-8-15-9-10-5-4-6-10/h10H,4-9H2,1-3H3,(H,13,14). The molecular formula is C12H23NO3. The second-order valence-electron chi connectivity index (χ2n) is 5.30. The summed E-state index contributed by atoms with van der Waals surface area (Å²) < 4.78 is 10.5. The fraction of sp³-hybridized carbons (Fsp3) is 0.917. The summed E-state index contributed by atoms with van der Waals surface area (Å²) >= 11 is 0. The zero-order valence-corrected chi connectivity index (χ0v) is 10.5. The Hall–Kier alpha value is -0.770. The monoisotopic (exact) mass is 229 g/mol. The zero-order chi connectivity index (χ0) is 12.0. The molecule has 1 aliphatic carbocycles. The molecule has 0 aromatic rings. The van der Waals surface area contributed by atoms with Crippen LogP contribution in [0.4, 0.5) is 4.79 Å². The van der Waals surface area contributed by atoms with Crippen molar-refractivity contribution in [2.24, 2.45) is 5.92 Å². The molecule has 0 spiro atoms. The van der Waals surface area contributed by atoms with Crippen molar-refractivity contribution in [3.63, 3.8) is 0 Å². The lowest BCUT2D eigenvalue weighted by molar-refractivity contribution is 0.0455. The molecule has 0 bridgehead atoms. The summed E-state index contributed by atoms with van der Waals surface area (Å²) in [7, 11) is 0. The van der Waals surface area contributed by atoms with Gasteiger partial charge in [-0.15, -0.1) is 0 Å². The molecule has 1 saturated carbocycles. The van der Waals surface area contributed by atoms with Gasteiger partial charge in [-0.25, -0.2) is 4.79 Å². The number of hydrogen-bond acceptors (Lipinski definition) is 3. The number of nitrogens with one attached hydrogen (secondary N) is 1. The maximum atomic E-state index is 11.2. The minimum Gasteiger partial charge on any atom is -0.444 e. The fourth-order valence-electron chi connectivity index (χ4n) is 1.45. The van der Waals surface area contributed by atoms with Gasteiger partial charge in [0.05, 0.1) is 6.61 Å². The van der Waals surface area contributed by atoms with Crippen LogP contribution in [0.3, 0.4) is 0 Å². The van der Waals surface area contributed by atoms with E-state index >= 15 is 0 Å². The van der Waals surface area contributed by atoms with Crippen molar-refractivity contribution in [3.05, 3.63) is 0 Å². The number of amides is 1. The summed E-state index contributed by atoms with van der Waals surface area (Å²) in [6, 6.07) is 0. The molecule has 16 heavy (non-hydrogen) atoms. The number of alkyl carbamates (subject to hydrolysis) is 1. The lowest BCUT2D eigenvalue weighted by Gasteiger charge is -2.25. The van der Waals surface area contributed by atoms with E-state index in [4.69, 9.17) is 9.47 Å².